The van der Waals surface area contributed by atoms with Crippen LogP contribution in [0.3, 0.4) is 0 Å². The second kappa shape index (κ2) is 1.22. The molecule has 7 heavy (non-hydrogen) atoms. The van der Waals surface area contributed by atoms with E-state index in [1.54, 1.807) is 0 Å². The molecular weight excluding hydrogens is 112 g/mol. The van der Waals surface area contributed by atoms with E-state index >= 15 is 0 Å². The molecule has 0 aromatic rings. The number of carbonyl (C=O) groups is 1. The van der Waals surface area contributed by atoms with Gasteiger partial charge in [0.15, 0.2) is 5.78 Å². The Kier molecular flexibility index (Phi) is 0.890. The molecule has 1 nitrogen and oxygen atoms in total. The van der Waals surface area contributed by atoms with E-state index < -0.39 is 4.87 Å². The van der Waals surface area contributed by atoms with Crippen molar-refractivity contribution in [3.63, 3.8) is 0 Å². The summed E-state index contributed by atoms with van der Waals surface area (Å²) in [4.78, 5) is 9.76. The van der Waals surface area contributed by atoms with Gasteiger partial charge >= 0.3 is 0 Å². The summed E-state index contributed by atoms with van der Waals surface area (Å²) in [5.74, 6) is -0.130. The summed E-state index contributed by atoms with van der Waals surface area (Å²) in [6, 6.07) is 0. The maximum atomic E-state index is 10.3. The van der Waals surface area contributed by atoms with Crippen molar-refractivity contribution in [1.82, 2.24) is 0 Å². The summed E-state index contributed by atoms with van der Waals surface area (Å²) in [5.41, 5.74) is 0. The van der Waals surface area contributed by atoms with Crippen LogP contribution in [0, 0.1) is 6.92 Å². The van der Waals surface area contributed by atoms with Crippen molar-refractivity contribution in [2.24, 2.45) is 0 Å². The minimum absolute atomic E-state index is 0.130. The van der Waals surface area contributed by atoms with Crippen LogP contribution in [-0.4, -0.2) is 10.7 Å². The molecule has 0 bridgehead atoms. The molecule has 0 N–H and O–H groups in total. The molecule has 1 fully saturated rings. The third-order valence-corrected chi connectivity index (χ3v) is 1.78. The second-order valence-electron chi connectivity index (χ2n) is 1.89. The summed E-state index contributed by atoms with van der Waals surface area (Å²) in [7, 11) is 0. The first-order valence-corrected chi connectivity index (χ1v) is 2.58. The number of hydrogen-bond acceptors (Lipinski definition) is 1. The fraction of sp³-hybridized carbons (Fsp3) is 0.600. The number of halogens is 1. The van der Waals surface area contributed by atoms with Crippen molar-refractivity contribution in [2.45, 2.75) is 17.7 Å². The highest BCUT2D eigenvalue weighted by Crippen LogP contribution is 2.42. The lowest BCUT2D eigenvalue weighted by molar-refractivity contribution is -0.115. The van der Waals surface area contributed by atoms with E-state index in [4.69, 9.17) is 11.6 Å². The van der Waals surface area contributed by atoms with E-state index in [9.17, 15) is 4.79 Å². The SMILES string of the molecule is [CH2]C(=O)C1(Cl)CC1. The maximum absolute atomic E-state index is 10.3. The smallest absolute Gasteiger partial charge is 0.154 e. The molecule has 0 spiro atoms. The average Bonchev–Trinajstić information content (AvgIpc) is 2.21. The molecule has 1 radical (unpaired) electrons. The number of ketones is 1. The van der Waals surface area contributed by atoms with E-state index in [-0.39, 0.29) is 5.78 Å². The summed E-state index contributed by atoms with van der Waals surface area (Å²) in [5, 5.41) is 0. The quantitative estimate of drug-likeness (QED) is 0.471. The van der Waals surface area contributed by atoms with E-state index in [1.165, 1.54) is 0 Å². The van der Waals surface area contributed by atoms with Gasteiger partial charge in [-0.05, 0) is 12.8 Å². The third-order valence-electron chi connectivity index (χ3n) is 1.19. The number of carbonyl (C=O) groups excluding carboxylic acids is 1. The van der Waals surface area contributed by atoms with Gasteiger partial charge in [-0.1, -0.05) is 0 Å². The van der Waals surface area contributed by atoms with Crippen LogP contribution < -0.4 is 0 Å². The van der Waals surface area contributed by atoms with Crippen molar-refractivity contribution >= 4 is 17.4 Å². The van der Waals surface area contributed by atoms with Crippen molar-refractivity contribution in [1.29, 1.82) is 0 Å². The fourth-order valence-corrected chi connectivity index (χ4v) is 0.483. The van der Waals surface area contributed by atoms with Crippen LogP contribution in [0.25, 0.3) is 0 Å². The Balaban J connectivity index is 2.55. The molecule has 0 aromatic carbocycles. The molecule has 1 aliphatic rings. The highest BCUT2D eigenvalue weighted by molar-refractivity contribution is 6.38. The highest BCUT2D eigenvalue weighted by atomic mass is 35.5. The molecule has 0 unspecified atom stereocenters. The second-order valence-corrected chi connectivity index (χ2v) is 2.61. The Hall–Kier alpha value is -0.0400. The summed E-state index contributed by atoms with van der Waals surface area (Å²) in [6.45, 7) is 3.20. The van der Waals surface area contributed by atoms with Gasteiger partial charge in [0, 0.05) is 6.92 Å². The first kappa shape index (κ1) is 5.10. The highest BCUT2D eigenvalue weighted by Gasteiger charge is 2.45. The van der Waals surface area contributed by atoms with E-state index in [0.717, 1.165) is 12.8 Å². The lowest BCUT2D eigenvalue weighted by Crippen LogP contribution is -2.09. The molecule has 39 valence electrons. The van der Waals surface area contributed by atoms with Crippen molar-refractivity contribution < 1.29 is 4.79 Å². The van der Waals surface area contributed by atoms with Gasteiger partial charge in [-0.15, -0.1) is 11.6 Å². The fourth-order valence-electron chi connectivity index (χ4n) is 0.389. The van der Waals surface area contributed by atoms with Crippen LogP contribution >= 0.6 is 11.6 Å². The van der Waals surface area contributed by atoms with Gasteiger partial charge in [0.1, 0.15) is 4.87 Å². The molecule has 0 amide bonds. The van der Waals surface area contributed by atoms with Crippen molar-refractivity contribution in [2.75, 3.05) is 0 Å². The van der Waals surface area contributed by atoms with Gasteiger partial charge in [-0.2, -0.15) is 0 Å². The third kappa shape index (κ3) is 0.778. The minimum atomic E-state index is -0.528. The number of Topliss-reactive ketones (excluding diaryl/α,β-unsaturated/α-hetero) is 1. The first-order chi connectivity index (χ1) is 3.15. The van der Waals surface area contributed by atoms with Crippen LogP contribution in [-0.2, 0) is 4.79 Å². The molecule has 2 heteroatoms. The molecule has 1 saturated carbocycles. The molecule has 0 heterocycles. The van der Waals surface area contributed by atoms with Crippen molar-refractivity contribution in [3.8, 4) is 0 Å². The Labute approximate surface area is 47.7 Å². The van der Waals surface area contributed by atoms with E-state index in [0.29, 0.717) is 0 Å². The molecule has 0 atom stereocenters. The summed E-state index contributed by atoms with van der Waals surface area (Å²) in [6.07, 6.45) is 1.63. The molecule has 1 aliphatic carbocycles. The monoisotopic (exact) mass is 117 g/mol. The van der Waals surface area contributed by atoms with Gasteiger partial charge in [0.2, 0.25) is 0 Å². The number of alkyl halides is 1. The van der Waals surface area contributed by atoms with Crippen LogP contribution in [0.1, 0.15) is 12.8 Å². The summed E-state index contributed by atoms with van der Waals surface area (Å²) < 4.78 is 0. The predicted octanol–water partition coefficient (Wildman–Crippen LogP) is 1.16. The predicted molar refractivity (Wildman–Crippen MR) is 28.2 cm³/mol. The zero-order valence-electron chi connectivity index (χ0n) is 3.91. The number of hydrogen-bond donors (Lipinski definition) is 0. The lowest BCUT2D eigenvalue weighted by Gasteiger charge is -1.93. The van der Waals surface area contributed by atoms with Crippen LogP contribution in [0.5, 0.6) is 0 Å². The Morgan fingerprint density at radius 2 is 2.14 bits per heavy atom. The van der Waals surface area contributed by atoms with E-state index in [1.807, 2.05) is 0 Å². The lowest BCUT2D eigenvalue weighted by atomic mass is 10.3. The molecular formula is C5H6ClO. The Bertz CT molecular complexity index is 105. The molecule has 0 aliphatic heterocycles. The van der Waals surface area contributed by atoms with Gasteiger partial charge in [0.05, 0.1) is 0 Å². The zero-order chi connectivity index (χ0) is 5.49. The standard InChI is InChI=1S/C5H6ClO/c1-4(7)5(6)2-3-5/h1-3H2. The Morgan fingerprint density at radius 1 is 1.71 bits per heavy atom. The topological polar surface area (TPSA) is 17.1 Å². The molecule has 0 aromatic heterocycles. The van der Waals surface area contributed by atoms with Crippen LogP contribution in [0.15, 0.2) is 0 Å². The van der Waals surface area contributed by atoms with Gasteiger partial charge in [-0.25, -0.2) is 0 Å². The van der Waals surface area contributed by atoms with Crippen LogP contribution in [0.2, 0.25) is 0 Å². The first-order valence-electron chi connectivity index (χ1n) is 2.20. The largest absolute Gasteiger partial charge is 0.298 e. The van der Waals surface area contributed by atoms with Gasteiger partial charge in [-0.3, -0.25) is 4.79 Å². The molecule has 1 rings (SSSR count). The van der Waals surface area contributed by atoms with Crippen LogP contribution in [0.4, 0.5) is 0 Å². The normalized spacial score (nSPS) is 24.3. The number of rotatable bonds is 1. The minimum Gasteiger partial charge on any atom is -0.298 e. The Morgan fingerprint density at radius 3 is 2.14 bits per heavy atom. The molecule has 0 saturated heterocycles. The van der Waals surface area contributed by atoms with Crippen molar-refractivity contribution in [3.05, 3.63) is 6.92 Å². The maximum Gasteiger partial charge on any atom is 0.154 e. The average molecular weight is 118 g/mol. The van der Waals surface area contributed by atoms with Gasteiger partial charge < -0.3 is 0 Å². The van der Waals surface area contributed by atoms with E-state index in [2.05, 4.69) is 6.92 Å². The zero-order valence-corrected chi connectivity index (χ0v) is 4.66. The van der Waals surface area contributed by atoms with Gasteiger partial charge in [0.25, 0.3) is 0 Å². The summed E-state index contributed by atoms with van der Waals surface area (Å²) >= 11 is 5.57.